The number of aromatic nitrogens is 3. The third-order valence-corrected chi connectivity index (χ3v) is 5.76. The molecule has 4 heterocycles. The molecule has 7 heteroatoms. The molecule has 1 amide bonds. The van der Waals surface area contributed by atoms with Crippen molar-refractivity contribution in [3.8, 4) is 17.1 Å². The van der Waals surface area contributed by atoms with Gasteiger partial charge >= 0.3 is 0 Å². The zero-order chi connectivity index (χ0) is 19.8. The number of amides is 1. The lowest BCUT2D eigenvalue weighted by atomic mass is 10.0. The van der Waals surface area contributed by atoms with E-state index in [4.69, 9.17) is 14.6 Å². The molecule has 2 aliphatic heterocycles. The van der Waals surface area contributed by atoms with Gasteiger partial charge in [-0.3, -0.25) is 4.79 Å². The molecule has 1 spiro atoms. The molecular formula is C22H24N4O3. The standard InChI is InChI=1S/C22H24N4O3/c1-24-11-5-8-19(24)18-16-20(26(23-18)17-6-3-2-4-7-17)21(27)25-12-9-22(10-13-25)28-14-15-29-22/h2-8,11,16H,9-10,12-15H2,1H3. The van der Waals surface area contributed by atoms with Crippen molar-refractivity contribution < 1.29 is 14.3 Å². The van der Waals surface area contributed by atoms with E-state index >= 15 is 0 Å². The van der Waals surface area contributed by atoms with Gasteiger partial charge in [0.25, 0.3) is 5.91 Å². The zero-order valence-corrected chi connectivity index (χ0v) is 16.5. The van der Waals surface area contributed by atoms with Crippen LogP contribution in [-0.4, -0.2) is 57.2 Å². The molecule has 29 heavy (non-hydrogen) atoms. The van der Waals surface area contributed by atoms with Crippen molar-refractivity contribution in [2.24, 2.45) is 7.05 Å². The first-order valence-corrected chi connectivity index (χ1v) is 10.00. The SMILES string of the molecule is Cn1cccc1-c1cc(C(=O)N2CCC3(CC2)OCCO3)n(-c2ccccc2)n1. The largest absolute Gasteiger partial charge is 0.349 e. The molecule has 2 saturated heterocycles. The summed E-state index contributed by atoms with van der Waals surface area (Å²) in [7, 11) is 1.98. The Morgan fingerprint density at radius 2 is 1.76 bits per heavy atom. The van der Waals surface area contributed by atoms with Crippen LogP contribution in [-0.2, 0) is 16.5 Å². The van der Waals surface area contributed by atoms with Crippen molar-refractivity contribution in [1.29, 1.82) is 0 Å². The van der Waals surface area contributed by atoms with Gasteiger partial charge in [-0.15, -0.1) is 0 Å². The highest BCUT2D eigenvalue weighted by Gasteiger charge is 2.41. The number of rotatable bonds is 3. The normalized spacial score (nSPS) is 18.4. The fourth-order valence-electron chi connectivity index (χ4n) is 4.15. The predicted molar refractivity (Wildman–Crippen MR) is 108 cm³/mol. The fourth-order valence-corrected chi connectivity index (χ4v) is 4.15. The molecule has 2 aliphatic rings. The lowest BCUT2D eigenvalue weighted by molar-refractivity contribution is -0.181. The zero-order valence-electron chi connectivity index (χ0n) is 16.5. The second-order valence-electron chi connectivity index (χ2n) is 7.57. The smallest absolute Gasteiger partial charge is 0.272 e. The minimum absolute atomic E-state index is 0.0188. The van der Waals surface area contributed by atoms with Gasteiger partial charge in [-0.2, -0.15) is 5.10 Å². The Balaban J connectivity index is 1.47. The van der Waals surface area contributed by atoms with E-state index in [1.807, 2.05) is 71.2 Å². The molecule has 5 rings (SSSR count). The lowest BCUT2D eigenvalue weighted by Gasteiger charge is -2.37. The van der Waals surface area contributed by atoms with Crippen LogP contribution in [0.3, 0.4) is 0 Å². The van der Waals surface area contributed by atoms with E-state index in [0.29, 0.717) is 44.8 Å². The molecule has 2 aromatic heterocycles. The van der Waals surface area contributed by atoms with Gasteiger partial charge < -0.3 is 18.9 Å². The number of likely N-dealkylation sites (tertiary alicyclic amines) is 1. The first kappa shape index (κ1) is 18.1. The molecule has 2 fully saturated rings. The van der Waals surface area contributed by atoms with Gasteiger partial charge in [-0.1, -0.05) is 18.2 Å². The number of hydrogen-bond donors (Lipinski definition) is 0. The molecule has 0 bridgehead atoms. The first-order valence-electron chi connectivity index (χ1n) is 10.00. The van der Waals surface area contributed by atoms with E-state index in [2.05, 4.69) is 0 Å². The van der Waals surface area contributed by atoms with Gasteiger partial charge in [0, 0.05) is 39.2 Å². The highest BCUT2D eigenvalue weighted by molar-refractivity contribution is 5.94. The van der Waals surface area contributed by atoms with Crippen molar-refractivity contribution in [3.63, 3.8) is 0 Å². The number of ether oxygens (including phenoxy) is 2. The maximum absolute atomic E-state index is 13.4. The Labute approximate surface area is 169 Å². The van der Waals surface area contributed by atoms with Crippen molar-refractivity contribution in [1.82, 2.24) is 19.2 Å². The number of nitrogens with zero attached hydrogens (tertiary/aromatic N) is 4. The van der Waals surface area contributed by atoms with Crippen LogP contribution in [0.5, 0.6) is 0 Å². The van der Waals surface area contributed by atoms with Crippen LogP contribution in [0.2, 0.25) is 0 Å². The summed E-state index contributed by atoms with van der Waals surface area (Å²) < 4.78 is 15.3. The number of para-hydroxylation sites is 1. The van der Waals surface area contributed by atoms with Crippen LogP contribution >= 0.6 is 0 Å². The number of hydrogen-bond acceptors (Lipinski definition) is 4. The minimum atomic E-state index is -0.495. The first-order chi connectivity index (χ1) is 14.2. The number of carbonyl (C=O) groups excluding carboxylic acids is 1. The maximum atomic E-state index is 13.4. The van der Waals surface area contributed by atoms with Gasteiger partial charge in [0.1, 0.15) is 11.4 Å². The van der Waals surface area contributed by atoms with Crippen LogP contribution in [0.1, 0.15) is 23.3 Å². The van der Waals surface area contributed by atoms with Crippen LogP contribution in [0.15, 0.2) is 54.7 Å². The van der Waals surface area contributed by atoms with E-state index in [1.54, 1.807) is 4.68 Å². The Kier molecular flexibility index (Phi) is 4.49. The summed E-state index contributed by atoms with van der Waals surface area (Å²) >= 11 is 0. The molecular weight excluding hydrogens is 368 g/mol. The van der Waals surface area contributed by atoms with Crippen molar-refractivity contribution in [2.45, 2.75) is 18.6 Å². The minimum Gasteiger partial charge on any atom is -0.349 e. The Hall–Kier alpha value is -2.90. The quantitative estimate of drug-likeness (QED) is 0.688. The highest BCUT2D eigenvalue weighted by atomic mass is 16.7. The molecule has 0 radical (unpaired) electrons. The molecule has 150 valence electrons. The van der Waals surface area contributed by atoms with E-state index in [1.165, 1.54) is 0 Å². The average Bonchev–Trinajstić information content (AvgIpc) is 3.49. The summed E-state index contributed by atoms with van der Waals surface area (Å²) in [5.74, 6) is -0.514. The summed E-state index contributed by atoms with van der Waals surface area (Å²) in [4.78, 5) is 15.3. The van der Waals surface area contributed by atoms with Gasteiger partial charge in [0.05, 0.1) is 24.6 Å². The lowest BCUT2D eigenvalue weighted by Crippen LogP contribution is -2.47. The van der Waals surface area contributed by atoms with Crippen LogP contribution in [0, 0.1) is 0 Å². The summed E-state index contributed by atoms with van der Waals surface area (Å²) in [5, 5.41) is 4.77. The van der Waals surface area contributed by atoms with E-state index in [-0.39, 0.29) is 5.91 Å². The number of benzene rings is 1. The third kappa shape index (κ3) is 3.26. The predicted octanol–water partition coefficient (Wildman–Crippen LogP) is 2.86. The van der Waals surface area contributed by atoms with Gasteiger partial charge in [0.15, 0.2) is 5.79 Å². The van der Waals surface area contributed by atoms with Crippen LogP contribution in [0.4, 0.5) is 0 Å². The Morgan fingerprint density at radius 1 is 1.03 bits per heavy atom. The molecule has 1 aromatic carbocycles. The monoisotopic (exact) mass is 392 g/mol. The van der Waals surface area contributed by atoms with Gasteiger partial charge in [0.2, 0.25) is 0 Å². The molecule has 0 unspecified atom stereocenters. The molecule has 0 aliphatic carbocycles. The summed E-state index contributed by atoms with van der Waals surface area (Å²) in [6.45, 7) is 2.49. The van der Waals surface area contributed by atoms with E-state index in [0.717, 1.165) is 17.1 Å². The van der Waals surface area contributed by atoms with Crippen molar-refractivity contribution in [2.75, 3.05) is 26.3 Å². The Bertz CT molecular complexity index is 1010. The summed E-state index contributed by atoms with van der Waals surface area (Å²) in [6, 6.07) is 15.7. The molecule has 0 atom stereocenters. The number of aryl methyl sites for hydroxylation is 1. The molecule has 0 N–H and O–H groups in total. The summed E-state index contributed by atoms with van der Waals surface area (Å²) in [6.07, 6.45) is 3.37. The third-order valence-electron chi connectivity index (χ3n) is 5.76. The number of carbonyl (C=O) groups is 1. The summed E-state index contributed by atoms with van der Waals surface area (Å²) in [5.41, 5.74) is 3.18. The van der Waals surface area contributed by atoms with Crippen molar-refractivity contribution >= 4 is 5.91 Å². The molecule has 7 nitrogen and oxygen atoms in total. The second-order valence-corrected chi connectivity index (χ2v) is 7.57. The average molecular weight is 392 g/mol. The van der Waals surface area contributed by atoms with Gasteiger partial charge in [-0.25, -0.2) is 4.68 Å². The van der Waals surface area contributed by atoms with E-state index < -0.39 is 5.79 Å². The molecule has 0 saturated carbocycles. The topological polar surface area (TPSA) is 61.5 Å². The van der Waals surface area contributed by atoms with E-state index in [9.17, 15) is 4.79 Å². The number of piperidine rings is 1. The molecule has 3 aromatic rings. The second kappa shape index (κ2) is 7.17. The maximum Gasteiger partial charge on any atom is 0.272 e. The highest BCUT2D eigenvalue weighted by Crippen LogP contribution is 2.32. The fraction of sp³-hybridized carbons (Fsp3) is 0.364. The Morgan fingerprint density at radius 3 is 2.41 bits per heavy atom. The van der Waals surface area contributed by atoms with Crippen molar-refractivity contribution in [3.05, 3.63) is 60.4 Å². The van der Waals surface area contributed by atoms with Gasteiger partial charge in [-0.05, 0) is 30.3 Å². The van der Waals surface area contributed by atoms with Crippen LogP contribution in [0.25, 0.3) is 17.1 Å². The van der Waals surface area contributed by atoms with Crippen LogP contribution < -0.4 is 0 Å².